The van der Waals surface area contributed by atoms with Crippen LogP contribution in [0.2, 0.25) is 0 Å². The van der Waals surface area contributed by atoms with E-state index in [9.17, 15) is 17.6 Å². The van der Waals surface area contributed by atoms with Crippen molar-refractivity contribution in [3.05, 3.63) is 82.9 Å². The van der Waals surface area contributed by atoms with Crippen LogP contribution < -0.4 is 0 Å². The van der Waals surface area contributed by atoms with Crippen LogP contribution in [0.25, 0.3) is 22.3 Å². The second-order valence-corrected chi connectivity index (χ2v) is 5.74. The van der Waals surface area contributed by atoms with Crippen molar-refractivity contribution in [2.75, 3.05) is 0 Å². The number of hydrogen-bond acceptors (Lipinski definition) is 0. The number of benzene rings is 3. The first-order valence-electron chi connectivity index (χ1n) is 7.40. The van der Waals surface area contributed by atoms with E-state index in [1.807, 2.05) is 0 Å². The molecule has 0 aromatic heterocycles. The van der Waals surface area contributed by atoms with Crippen molar-refractivity contribution in [1.29, 1.82) is 0 Å². The number of aryl methyl sites for hydroxylation is 2. The summed E-state index contributed by atoms with van der Waals surface area (Å²) in [5.74, 6) is -5.58. The molecule has 0 saturated heterocycles. The van der Waals surface area contributed by atoms with E-state index in [0.717, 1.165) is 11.1 Å². The first-order valence-corrected chi connectivity index (χ1v) is 7.40. The molecule has 122 valence electrons. The average molecular weight is 330 g/mol. The van der Waals surface area contributed by atoms with Crippen molar-refractivity contribution in [1.82, 2.24) is 0 Å². The summed E-state index contributed by atoms with van der Waals surface area (Å²) in [6.07, 6.45) is 0. The van der Waals surface area contributed by atoms with Crippen LogP contribution in [0.5, 0.6) is 0 Å². The molecular formula is C20H14F4. The molecule has 3 rings (SSSR count). The molecule has 0 nitrogen and oxygen atoms in total. The van der Waals surface area contributed by atoms with Gasteiger partial charge in [0, 0.05) is 0 Å². The van der Waals surface area contributed by atoms with Gasteiger partial charge < -0.3 is 0 Å². The van der Waals surface area contributed by atoms with Crippen LogP contribution in [-0.4, -0.2) is 0 Å². The van der Waals surface area contributed by atoms with Gasteiger partial charge in [0.1, 0.15) is 0 Å². The molecule has 0 aliphatic rings. The molecule has 0 radical (unpaired) electrons. The summed E-state index contributed by atoms with van der Waals surface area (Å²) in [7, 11) is 0. The highest BCUT2D eigenvalue weighted by Gasteiger charge is 2.26. The van der Waals surface area contributed by atoms with Crippen molar-refractivity contribution in [3.8, 4) is 22.3 Å². The maximum Gasteiger partial charge on any atom is 0.170 e. The van der Waals surface area contributed by atoms with Gasteiger partial charge in [0.25, 0.3) is 0 Å². The Labute approximate surface area is 137 Å². The first-order chi connectivity index (χ1) is 11.4. The lowest BCUT2D eigenvalue weighted by Crippen LogP contribution is -2.03. The van der Waals surface area contributed by atoms with Crippen LogP contribution >= 0.6 is 0 Å². The van der Waals surface area contributed by atoms with Crippen LogP contribution in [0, 0.1) is 37.1 Å². The van der Waals surface area contributed by atoms with Gasteiger partial charge in [-0.15, -0.1) is 0 Å². The molecular weight excluding hydrogens is 316 g/mol. The van der Waals surface area contributed by atoms with E-state index in [0.29, 0.717) is 0 Å². The second-order valence-electron chi connectivity index (χ2n) is 5.74. The molecule has 0 amide bonds. The lowest BCUT2D eigenvalue weighted by molar-refractivity contribution is 0.463. The number of halogens is 4. The standard InChI is InChI=1S/C20H14F4/c1-11-3-7-13(8-4-11)15-17(21)19(23)16(20(24)18(15)22)14-9-5-12(2)6-10-14/h3-10H,1-2H3. The summed E-state index contributed by atoms with van der Waals surface area (Å²) in [4.78, 5) is 0. The zero-order valence-electron chi connectivity index (χ0n) is 13.1. The molecule has 0 spiro atoms. The number of rotatable bonds is 2. The lowest BCUT2D eigenvalue weighted by Gasteiger charge is -2.13. The van der Waals surface area contributed by atoms with E-state index in [-0.39, 0.29) is 11.1 Å². The molecule has 0 unspecified atom stereocenters. The minimum atomic E-state index is -1.40. The Hall–Kier alpha value is -2.62. The van der Waals surface area contributed by atoms with Gasteiger partial charge in [-0.1, -0.05) is 59.7 Å². The third-order valence-corrected chi connectivity index (χ3v) is 3.94. The van der Waals surface area contributed by atoms with Gasteiger partial charge in [-0.25, -0.2) is 17.6 Å². The molecule has 0 heterocycles. The Balaban J connectivity index is 2.26. The summed E-state index contributed by atoms with van der Waals surface area (Å²) < 4.78 is 57.9. The fourth-order valence-electron chi connectivity index (χ4n) is 2.58. The molecule has 0 aliphatic heterocycles. The summed E-state index contributed by atoms with van der Waals surface area (Å²) in [5.41, 5.74) is 0.531. The smallest absolute Gasteiger partial charge is 0.170 e. The number of hydrogen-bond donors (Lipinski definition) is 0. The minimum absolute atomic E-state index is 0.0869. The van der Waals surface area contributed by atoms with Crippen molar-refractivity contribution >= 4 is 0 Å². The third kappa shape index (κ3) is 2.68. The average Bonchev–Trinajstić information content (AvgIpc) is 2.57. The molecule has 3 aromatic carbocycles. The summed E-state index contributed by atoms with van der Waals surface area (Å²) >= 11 is 0. The van der Waals surface area contributed by atoms with Gasteiger partial charge >= 0.3 is 0 Å². The SMILES string of the molecule is Cc1ccc(-c2c(F)c(F)c(-c3ccc(C)cc3)c(F)c2F)cc1. The van der Waals surface area contributed by atoms with E-state index >= 15 is 0 Å². The zero-order valence-corrected chi connectivity index (χ0v) is 13.1. The van der Waals surface area contributed by atoms with Gasteiger partial charge in [0.05, 0.1) is 11.1 Å². The molecule has 0 saturated carbocycles. The fraction of sp³-hybridized carbons (Fsp3) is 0.100. The predicted molar refractivity (Wildman–Crippen MR) is 86.6 cm³/mol. The van der Waals surface area contributed by atoms with E-state index in [1.165, 1.54) is 24.3 Å². The highest BCUT2D eigenvalue weighted by Crippen LogP contribution is 2.36. The maximum atomic E-state index is 14.5. The molecule has 3 aromatic rings. The Morgan fingerprint density at radius 2 is 0.708 bits per heavy atom. The van der Waals surface area contributed by atoms with Crippen LogP contribution in [0.3, 0.4) is 0 Å². The first kappa shape index (κ1) is 16.2. The highest BCUT2D eigenvalue weighted by molar-refractivity contribution is 5.73. The van der Waals surface area contributed by atoms with E-state index < -0.39 is 34.4 Å². The Morgan fingerprint density at radius 1 is 0.458 bits per heavy atom. The topological polar surface area (TPSA) is 0 Å². The van der Waals surface area contributed by atoms with Gasteiger partial charge in [-0.2, -0.15) is 0 Å². The van der Waals surface area contributed by atoms with E-state index in [1.54, 1.807) is 38.1 Å². The predicted octanol–water partition coefficient (Wildman–Crippen LogP) is 6.19. The summed E-state index contributed by atoms with van der Waals surface area (Å²) in [5, 5.41) is 0. The molecule has 4 heteroatoms. The normalized spacial score (nSPS) is 10.9. The highest BCUT2D eigenvalue weighted by atomic mass is 19.2. The Kier molecular flexibility index (Phi) is 4.14. The van der Waals surface area contributed by atoms with Gasteiger partial charge in [-0.3, -0.25) is 0 Å². The minimum Gasteiger partial charge on any atom is -0.203 e. The van der Waals surface area contributed by atoms with E-state index in [2.05, 4.69) is 0 Å². The maximum absolute atomic E-state index is 14.5. The van der Waals surface area contributed by atoms with Crippen molar-refractivity contribution in [2.24, 2.45) is 0 Å². The third-order valence-electron chi connectivity index (χ3n) is 3.94. The van der Waals surface area contributed by atoms with Crippen LogP contribution in [0.15, 0.2) is 48.5 Å². The van der Waals surface area contributed by atoms with E-state index in [4.69, 9.17) is 0 Å². The monoisotopic (exact) mass is 330 g/mol. The quantitative estimate of drug-likeness (QED) is 0.388. The van der Waals surface area contributed by atoms with Gasteiger partial charge in [0.2, 0.25) is 0 Å². The summed E-state index contributed by atoms with van der Waals surface area (Å²) in [6, 6.07) is 12.2. The molecule has 0 aliphatic carbocycles. The molecule has 0 N–H and O–H groups in total. The van der Waals surface area contributed by atoms with Crippen LogP contribution in [0.4, 0.5) is 17.6 Å². The fourth-order valence-corrected chi connectivity index (χ4v) is 2.58. The molecule has 0 bridgehead atoms. The second kappa shape index (κ2) is 6.11. The Bertz CT molecular complexity index is 789. The van der Waals surface area contributed by atoms with Crippen molar-refractivity contribution in [3.63, 3.8) is 0 Å². The van der Waals surface area contributed by atoms with Gasteiger partial charge in [0.15, 0.2) is 23.3 Å². The van der Waals surface area contributed by atoms with Crippen LogP contribution in [-0.2, 0) is 0 Å². The van der Waals surface area contributed by atoms with Crippen molar-refractivity contribution in [2.45, 2.75) is 13.8 Å². The van der Waals surface area contributed by atoms with Crippen LogP contribution in [0.1, 0.15) is 11.1 Å². The summed E-state index contributed by atoms with van der Waals surface area (Å²) in [6.45, 7) is 3.61. The molecule has 0 fully saturated rings. The largest absolute Gasteiger partial charge is 0.203 e. The molecule has 0 atom stereocenters. The Morgan fingerprint density at radius 3 is 0.958 bits per heavy atom. The lowest BCUT2D eigenvalue weighted by atomic mass is 9.96. The van der Waals surface area contributed by atoms with Crippen molar-refractivity contribution < 1.29 is 17.6 Å². The molecule has 24 heavy (non-hydrogen) atoms. The van der Waals surface area contributed by atoms with Gasteiger partial charge in [-0.05, 0) is 25.0 Å². The zero-order chi connectivity index (χ0) is 17.4.